The van der Waals surface area contributed by atoms with E-state index in [9.17, 15) is 4.79 Å². The molecule has 1 aliphatic heterocycles. The molecule has 0 aliphatic carbocycles. The molecule has 1 atom stereocenters. The lowest BCUT2D eigenvalue weighted by Crippen LogP contribution is -2.40. The van der Waals surface area contributed by atoms with Crippen molar-refractivity contribution >= 4 is 16.8 Å². The number of nitrogens with zero attached hydrogens (tertiary/aromatic N) is 2. The first-order valence-corrected chi connectivity index (χ1v) is 9.29. The van der Waals surface area contributed by atoms with E-state index in [-0.39, 0.29) is 11.9 Å². The number of aromatic amines is 1. The lowest BCUT2D eigenvalue weighted by molar-refractivity contribution is -0.126. The molecule has 0 bridgehead atoms. The summed E-state index contributed by atoms with van der Waals surface area (Å²) in [6, 6.07) is 11.9. The fourth-order valence-corrected chi connectivity index (χ4v) is 3.82. The minimum atomic E-state index is -0.242. The Bertz CT molecular complexity index is 868. The molecular weight excluding hydrogens is 324 g/mol. The molecular formula is C21H24N4O. The number of carbonyl (C=O) groups excluding carboxylic acids is 1. The molecule has 4 rings (SSSR count). The molecule has 1 saturated heterocycles. The summed E-state index contributed by atoms with van der Waals surface area (Å²) in [5.74, 6) is 0.0692. The van der Waals surface area contributed by atoms with Crippen LogP contribution in [-0.2, 0) is 11.2 Å². The van der Waals surface area contributed by atoms with Gasteiger partial charge in [-0.3, -0.25) is 14.7 Å². The normalized spacial score (nSPS) is 16.0. The fourth-order valence-electron chi connectivity index (χ4n) is 3.82. The van der Waals surface area contributed by atoms with Crippen molar-refractivity contribution in [3.8, 4) is 0 Å². The molecule has 5 nitrogen and oxygen atoms in total. The van der Waals surface area contributed by atoms with E-state index < -0.39 is 0 Å². The van der Waals surface area contributed by atoms with Crippen molar-refractivity contribution in [2.24, 2.45) is 0 Å². The van der Waals surface area contributed by atoms with Crippen molar-refractivity contribution in [1.29, 1.82) is 0 Å². The third kappa shape index (κ3) is 3.48. The number of hydrogen-bond acceptors (Lipinski definition) is 3. The van der Waals surface area contributed by atoms with Crippen molar-refractivity contribution in [2.75, 3.05) is 19.6 Å². The number of aromatic nitrogens is 2. The number of pyridine rings is 1. The van der Waals surface area contributed by atoms with Gasteiger partial charge in [-0.15, -0.1) is 0 Å². The van der Waals surface area contributed by atoms with Gasteiger partial charge in [0, 0.05) is 36.0 Å². The predicted octanol–water partition coefficient (Wildman–Crippen LogP) is 3.06. The summed E-state index contributed by atoms with van der Waals surface area (Å²) in [5.41, 5.74) is 3.35. The van der Waals surface area contributed by atoms with Gasteiger partial charge < -0.3 is 10.3 Å². The van der Waals surface area contributed by atoms with Crippen LogP contribution < -0.4 is 5.32 Å². The topological polar surface area (TPSA) is 61.0 Å². The van der Waals surface area contributed by atoms with Gasteiger partial charge in [0.05, 0.1) is 0 Å². The molecule has 1 fully saturated rings. The summed E-state index contributed by atoms with van der Waals surface area (Å²) < 4.78 is 0. The second-order valence-corrected chi connectivity index (χ2v) is 6.83. The molecule has 0 saturated carbocycles. The quantitative estimate of drug-likeness (QED) is 0.720. The molecule has 0 spiro atoms. The summed E-state index contributed by atoms with van der Waals surface area (Å²) >= 11 is 0. The van der Waals surface area contributed by atoms with Gasteiger partial charge in [-0.05, 0) is 55.6 Å². The lowest BCUT2D eigenvalue weighted by Gasteiger charge is -2.26. The van der Waals surface area contributed by atoms with E-state index in [2.05, 4.69) is 32.3 Å². The first kappa shape index (κ1) is 16.8. The van der Waals surface area contributed by atoms with Crippen LogP contribution in [0.2, 0.25) is 0 Å². The van der Waals surface area contributed by atoms with E-state index >= 15 is 0 Å². The summed E-state index contributed by atoms with van der Waals surface area (Å²) in [4.78, 5) is 22.7. The summed E-state index contributed by atoms with van der Waals surface area (Å²) in [6.07, 6.45) is 8.71. The Labute approximate surface area is 153 Å². The van der Waals surface area contributed by atoms with Crippen LogP contribution in [0.15, 0.2) is 55.0 Å². The third-order valence-electron chi connectivity index (χ3n) is 5.12. The Balaban J connectivity index is 1.43. The van der Waals surface area contributed by atoms with E-state index in [4.69, 9.17) is 0 Å². The maximum atomic E-state index is 12.9. The van der Waals surface area contributed by atoms with Gasteiger partial charge in [-0.25, -0.2) is 0 Å². The Morgan fingerprint density at radius 3 is 2.85 bits per heavy atom. The first-order chi connectivity index (χ1) is 12.8. The van der Waals surface area contributed by atoms with E-state index in [1.807, 2.05) is 36.7 Å². The van der Waals surface area contributed by atoms with Gasteiger partial charge >= 0.3 is 0 Å². The zero-order valence-electron chi connectivity index (χ0n) is 14.8. The van der Waals surface area contributed by atoms with Crippen LogP contribution in [0.3, 0.4) is 0 Å². The number of benzene rings is 1. The molecule has 0 radical (unpaired) electrons. The highest BCUT2D eigenvalue weighted by Crippen LogP contribution is 2.25. The van der Waals surface area contributed by atoms with Crippen molar-refractivity contribution in [2.45, 2.75) is 25.3 Å². The van der Waals surface area contributed by atoms with Crippen molar-refractivity contribution in [1.82, 2.24) is 20.2 Å². The molecule has 1 aliphatic rings. The SMILES string of the molecule is O=C(NCCc1c[nH]c2ccccc12)[C@@H](c1cccnc1)N1CCCC1. The maximum Gasteiger partial charge on any atom is 0.242 e. The van der Waals surface area contributed by atoms with E-state index in [0.717, 1.165) is 43.4 Å². The maximum absolute atomic E-state index is 12.9. The Morgan fingerprint density at radius 2 is 2.04 bits per heavy atom. The molecule has 3 heterocycles. The molecule has 1 aromatic carbocycles. The highest BCUT2D eigenvalue weighted by atomic mass is 16.2. The van der Waals surface area contributed by atoms with Crippen molar-refractivity contribution in [3.63, 3.8) is 0 Å². The van der Waals surface area contributed by atoms with Crippen LogP contribution in [0.25, 0.3) is 10.9 Å². The summed E-state index contributed by atoms with van der Waals surface area (Å²) in [6.45, 7) is 2.57. The van der Waals surface area contributed by atoms with Gasteiger partial charge in [-0.2, -0.15) is 0 Å². The fraction of sp³-hybridized carbons (Fsp3) is 0.333. The van der Waals surface area contributed by atoms with Gasteiger partial charge in [0.15, 0.2) is 0 Å². The average molecular weight is 348 g/mol. The average Bonchev–Trinajstić information content (AvgIpc) is 3.34. The van der Waals surface area contributed by atoms with Gasteiger partial charge in [0.25, 0.3) is 0 Å². The van der Waals surface area contributed by atoms with Crippen LogP contribution in [-0.4, -0.2) is 40.4 Å². The number of para-hydroxylation sites is 1. The smallest absolute Gasteiger partial charge is 0.242 e. The molecule has 3 aromatic rings. The summed E-state index contributed by atoms with van der Waals surface area (Å²) in [5, 5.41) is 4.37. The number of hydrogen-bond donors (Lipinski definition) is 2. The Morgan fingerprint density at radius 1 is 1.19 bits per heavy atom. The molecule has 134 valence electrons. The van der Waals surface area contributed by atoms with Crippen LogP contribution in [0.1, 0.15) is 30.0 Å². The number of rotatable bonds is 6. The lowest BCUT2D eigenvalue weighted by atomic mass is 10.1. The van der Waals surface area contributed by atoms with Gasteiger partial charge in [-0.1, -0.05) is 24.3 Å². The van der Waals surface area contributed by atoms with Crippen LogP contribution >= 0.6 is 0 Å². The molecule has 2 N–H and O–H groups in total. The zero-order valence-corrected chi connectivity index (χ0v) is 14.8. The monoisotopic (exact) mass is 348 g/mol. The minimum absolute atomic E-state index is 0.0692. The number of amides is 1. The second kappa shape index (κ2) is 7.70. The standard InChI is InChI=1S/C21H24N4O/c26-21(20(25-12-3-4-13-25)17-6-5-10-22-14-17)23-11-9-16-15-24-19-8-2-1-7-18(16)19/h1-2,5-8,10,14-15,20,24H,3-4,9,11-13H2,(H,23,26)/t20-/m1/s1. The van der Waals surface area contributed by atoms with Crippen LogP contribution in [0.4, 0.5) is 0 Å². The van der Waals surface area contributed by atoms with Gasteiger partial charge in [0.2, 0.25) is 5.91 Å². The largest absolute Gasteiger partial charge is 0.361 e. The summed E-state index contributed by atoms with van der Waals surface area (Å²) in [7, 11) is 0. The number of carbonyl (C=O) groups is 1. The third-order valence-corrected chi connectivity index (χ3v) is 5.12. The highest BCUT2D eigenvalue weighted by Gasteiger charge is 2.29. The van der Waals surface area contributed by atoms with E-state index in [1.54, 1.807) is 6.20 Å². The number of H-pyrrole nitrogens is 1. The van der Waals surface area contributed by atoms with Crippen molar-refractivity contribution in [3.05, 3.63) is 66.1 Å². The van der Waals surface area contributed by atoms with E-state index in [1.165, 1.54) is 10.9 Å². The number of fused-ring (bicyclic) bond motifs is 1. The minimum Gasteiger partial charge on any atom is -0.361 e. The number of likely N-dealkylation sites (tertiary alicyclic amines) is 1. The molecule has 26 heavy (non-hydrogen) atoms. The van der Waals surface area contributed by atoms with Crippen LogP contribution in [0, 0.1) is 0 Å². The van der Waals surface area contributed by atoms with Gasteiger partial charge in [0.1, 0.15) is 6.04 Å². The highest BCUT2D eigenvalue weighted by molar-refractivity contribution is 5.84. The first-order valence-electron chi connectivity index (χ1n) is 9.29. The van der Waals surface area contributed by atoms with E-state index in [0.29, 0.717) is 6.54 Å². The predicted molar refractivity (Wildman–Crippen MR) is 103 cm³/mol. The van der Waals surface area contributed by atoms with Crippen molar-refractivity contribution < 1.29 is 4.79 Å². The second-order valence-electron chi connectivity index (χ2n) is 6.83. The number of nitrogens with one attached hydrogen (secondary N) is 2. The zero-order chi connectivity index (χ0) is 17.8. The Kier molecular flexibility index (Phi) is 4.97. The molecule has 0 unspecified atom stereocenters. The molecule has 2 aromatic heterocycles. The molecule has 1 amide bonds. The molecule has 5 heteroatoms. The Hall–Kier alpha value is -2.66. The van der Waals surface area contributed by atoms with Crippen LogP contribution in [0.5, 0.6) is 0 Å².